The predicted octanol–water partition coefficient (Wildman–Crippen LogP) is 0.0314. The van der Waals surface area contributed by atoms with Gasteiger partial charge in [0, 0.05) is 18.8 Å². The molecule has 3 heteroatoms. The van der Waals surface area contributed by atoms with Gasteiger partial charge in [-0.25, -0.2) is 0 Å². The quantitative estimate of drug-likeness (QED) is 0.587. The zero-order valence-corrected chi connectivity index (χ0v) is 6.76. The van der Waals surface area contributed by atoms with Crippen molar-refractivity contribution in [3.8, 4) is 0 Å². The van der Waals surface area contributed by atoms with Gasteiger partial charge in [0.05, 0.1) is 5.69 Å². The molecule has 0 aliphatic heterocycles. The lowest BCUT2D eigenvalue weighted by atomic mass is 10.1. The van der Waals surface area contributed by atoms with Crippen molar-refractivity contribution in [1.29, 1.82) is 0 Å². The summed E-state index contributed by atoms with van der Waals surface area (Å²) < 4.78 is 1.83. The molecular weight excluding hydrogens is 126 g/mol. The Morgan fingerprint density at radius 2 is 2.30 bits per heavy atom. The SMILES string of the molecule is Cc1nn(C)cc1[C@@H](C)[NH3+]. The lowest BCUT2D eigenvalue weighted by Crippen LogP contribution is -2.51. The number of quaternary nitrogens is 1. The van der Waals surface area contributed by atoms with Crippen LogP contribution in [0, 0.1) is 6.92 Å². The molecule has 3 nitrogen and oxygen atoms in total. The van der Waals surface area contributed by atoms with E-state index in [0.717, 1.165) is 5.69 Å². The Bertz CT molecular complexity index is 225. The van der Waals surface area contributed by atoms with Crippen molar-refractivity contribution in [3.63, 3.8) is 0 Å². The molecule has 1 aromatic rings. The van der Waals surface area contributed by atoms with Crippen LogP contribution in [-0.2, 0) is 7.05 Å². The summed E-state index contributed by atoms with van der Waals surface area (Å²) in [6.45, 7) is 4.08. The van der Waals surface area contributed by atoms with Gasteiger partial charge in [0.2, 0.25) is 0 Å². The maximum absolute atomic E-state index is 4.21. The molecular formula is C7H14N3+. The second-order valence-electron chi connectivity index (χ2n) is 2.74. The van der Waals surface area contributed by atoms with E-state index in [2.05, 4.69) is 17.8 Å². The summed E-state index contributed by atoms with van der Waals surface area (Å²) in [6, 6.07) is 0.341. The Morgan fingerprint density at radius 1 is 1.70 bits per heavy atom. The Hall–Kier alpha value is -0.830. The maximum atomic E-state index is 4.21. The lowest BCUT2D eigenvalue weighted by molar-refractivity contribution is -0.420. The highest BCUT2D eigenvalue weighted by atomic mass is 15.2. The molecule has 10 heavy (non-hydrogen) atoms. The number of hydrogen-bond donors (Lipinski definition) is 1. The third-order valence-corrected chi connectivity index (χ3v) is 1.58. The fourth-order valence-electron chi connectivity index (χ4n) is 1.10. The smallest absolute Gasteiger partial charge is 0.110 e. The van der Waals surface area contributed by atoms with Crippen molar-refractivity contribution in [3.05, 3.63) is 17.5 Å². The minimum atomic E-state index is 0.341. The van der Waals surface area contributed by atoms with Crippen LogP contribution in [0.15, 0.2) is 6.20 Å². The first-order chi connectivity index (χ1) is 4.61. The molecule has 0 unspecified atom stereocenters. The van der Waals surface area contributed by atoms with Crippen molar-refractivity contribution >= 4 is 0 Å². The van der Waals surface area contributed by atoms with Gasteiger partial charge < -0.3 is 5.73 Å². The van der Waals surface area contributed by atoms with Gasteiger partial charge in [-0.1, -0.05) is 0 Å². The second-order valence-corrected chi connectivity index (χ2v) is 2.74. The topological polar surface area (TPSA) is 45.5 Å². The minimum absolute atomic E-state index is 0.341. The van der Waals surface area contributed by atoms with Crippen LogP contribution in [0.25, 0.3) is 0 Å². The number of aromatic nitrogens is 2. The summed E-state index contributed by atoms with van der Waals surface area (Å²) >= 11 is 0. The molecule has 1 atom stereocenters. The zero-order chi connectivity index (χ0) is 7.72. The van der Waals surface area contributed by atoms with E-state index in [1.807, 2.05) is 24.9 Å². The average Bonchev–Trinajstić information content (AvgIpc) is 2.10. The van der Waals surface area contributed by atoms with Gasteiger partial charge in [0.15, 0.2) is 0 Å². The van der Waals surface area contributed by atoms with Crippen LogP contribution in [0.5, 0.6) is 0 Å². The second kappa shape index (κ2) is 2.42. The summed E-state index contributed by atoms with van der Waals surface area (Å²) in [4.78, 5) is 0. The van der Waals surface area contributed by atoms with Gasteiger partial charge in [-0.15, -0.1) is 0 Å². The predicted molar refractivity (Wildman–Crippen MR) is 39.2 cm³/mol. The normalized spacial score (nSPS) is 13.6. The largest absolute Gasteiger partial charge is 0.351 e. The summed E-state index contributed by atoms with van der Waals surface area (Å²) in [6.07, 6.45) is 2.02. The molecule has 1 aromatic heterocycles. The van der Waals surface area contributed by atoms with Gasteiger partial charge in [-0.3, -0.25) is 4.68 Å². The molecule has 0 amide bonds. The highest BCUT2D eigenvalue weighted by Crippen LogP contribution is 2.10. The Balaban J connectivity index is 3.03. The van der Waals surface area contributed by atoms with Gasteiger partial charge in [0.1, 0.15) is 6.04 Å². The standard InChI is InChI=1S/C7H13N3/c1-5(8)7-4-10(3)9-6(7)2/h4-5H,8H2,1-3H3/p+1/t5-/m1/s1. The molecule has 0 saturated carbocycles. The van der Waals surface area contributed by atoms with E-state index in [0.29, 0.717) is 6.04 Å². The minimum Gasteiger partial charge on any atom is -0.351 e. The van der Waals surface area contributed by atoms with Crippen LogP contribution < -0.4 is 5.73 Å². The first-order valence-electron chi connectivity index (χ1n) is 3.44. The van der Waals surface area contributed by atoms with Crippen LogP contribution in [0.4, 0.5) is 0 Å². The summed E-state index contributed by atoms with van der Waals surface area (Å²) in [7, 11) is 1.93. The molecule has 1 rings (SSSR count). The first-order valence-corrected chi connectivity index (χ1v) is 3.44. The van der Waals surface area contributed by atoms with E-state index in [1.54, 1.807) is 0 Å². The number of hydrogen-bond acceptors (Lipinski definition) is 1. The highest BCUT2D eigenvalue weighted by Gasteiger charge is 2.08. The monoisotopic (exact) mass is 140 g/mol. The molecule has 0 aliphatic rings. The van der Waals surface area contributed by atoms with Gasteiger partial charge in [-0.05, 0) is 13.8 Å². The first kappa shape index (κ1) is 7.28. The van der Waals surface area contributed by atoms with Crippen molar-refractivity contribution in [1.82, 2.24) is 9.78 Å². The molecule has 0 fully saturated rings. The van der Waals surface area contributed by atoms with Crippen molar-refractivity contribution in [2.24, 2.45) is 7.05 Å². The molecule has 56 valence electrons. The van der Waals surface area contributed by atoms with Gasteiger partial charge >= 0.3 is 0 Å². The van der Waals surface area contributed by atoms with E-state index < -0.39 is 0 Å². The molecule has 0 bridgehead atoms. The third-order valence-electron chi connectivity index (χ3n) is 1.58. The van der Waals surface area contributed by atoms with Crippen molar-refractivity contribution in [2.75, 3.05) is 0 Å². The molecule has 0 aliphatic carbocycles. The average molecular weight is 140 g/mol. The van der Waals surface area contributed by atoms with Crippen LogP contribution in [-0.4, -0.2) is 9.78 Å². The van der Waals surface area contributed by atoms with E-state index in [4.69, 9.17) is 0 Å². The maximum Gasteiger partial charge on any atom is 0.110 e. The van der Waals surface area contributed by atoms with Crippen molar-refractivity contribution < 1.29 is 5.73 Å². The fourth-order valence-corrected chi connectivity index (χ4v) is 1.10. The van der Waals surface area contributed by atoms with E-state index >= 15 is 0 Å². The lowest BCUT2D eigenvalue weighted by Gasteiger charge is -1.96. The van der Waals surface area contributed by atoms with Crippen LogP contribution in [0.3, 0.4) is 0 Å². The summed E-state index contributed by atoms with van der Waals surface area (Å²) in [5, 5.41) is 4.21. The molecule has 0 spiro atoms. The zero-order valence-electron chi connectivity index (χ0n) is 6.76. The molecule has 1 heterocycles. The Kier molecular flexibility index (Phi) is 1.76. The van der Waals surface area contributed by atoms with Crippen molar-refractivity contribution in [2.45, 2.75) is 19.9 Å². The number of aryl methyl sites for hydroxylation is 2. The molecule has 0 aromatic carbocycles. The fraction of sp³-hybridized carbons (Fsp3) is 0.571. The van der Waals surface area contributed by atoms with Gasteiger partial charge in [-0.2, -0.15) is 5.10 Å². The number of nitrogens with zero attached hydrogens (tertiary/aromatic N) is 2. The van der Waals surface area contributed by atoms with Crippen LogP contribution in [0.2, 0.25) is 0 Å². The van der Waals surface area contributed by atoms with E-state index in [-0.39, 0.29) is 0 Å². The highest BCUT2D eigenvalue weighted by molar-refractivity contribution is 5.16. The van der Waals surface area contributed by atoms with E-state index in [1.165, 1.54) is 5.56 Å². The van der Waals surface area contributed by atoms with Crippen LogP contribution in [0.1, 0.15) is 24.2 Å². The third kappa shape index (κ3) is 1.19. The molecule has 0 saturated heterocycles. The Labute approximate surface area is 60.8 Å². The number of rotatable bonds is 1. The molecule has 3 N–H and O–H groups in total. The van der Waals surface area contributed by atoms with Crippen LogP contribution >= 0.6 is 0 Å². The Morgan fingerprint density at radius 3 is 2.50 bits per heavy atom. The molecule has 0 radical (unpaired) electrons. The summed E-state index contributed by atoms with van der Waals surface area (Å²) in [5.74, 6) is 0. The van der Waals surface area contributed by atoms with Gasteiger partial charge in [0.25, 0.3) is 0 Å². The van der Waals surface area contributed by atoms with E-state index in [9.17, 15) is 0 Å². The summed E-state index contributed by atoms with van der Waals surface area (Å²) in [5.41, 5.74) is 6.26.